The minimum Gasteiger partial charge on any atom is -0.396 e. The highest BCUT2D eigenvalue weighted by Crippen LogP contribution is 2.18. The van der Waals surface area contributed by atoms with Crippen molar-refractivity contribution in [2.75, 3.05) is 6.61 Å². The Kier molecular flexibility index (Phi) is 3.44. The molecule has 2 rings (SSSR count). The number of aliphatic hydroxyl groups is 1. The highest BCUT2D eigenvalue weighted by atomic mass is 35.5. The van der Waals surface area contributed by atoms with Gasteiger partial charge in [-0.15, -0.1) is 5.10 Å². The minimum atomic E-state index is 0.0196. The van der Waals surface area contributed by atoms with Crippen LogP contribution in [-0.4, -0.2) is 26.9 Å². The Labute approximate surface area is 97.9 Å². The van der Waals surface area contributed by atoms with Gasteiger partial charge >= 0.3 is 0 Å². The van der Waals surface area contributed by atoms with Crippen molar-refractivity contribution in [1.82, 2.24) is 15.2 Å². The smallest absolute Gasteiger partial charge is 0.153 e. The number of rotatable bonds is 3. The van der Waals surface area contributed by atoms with Crippen LogP contribution in [0.1, 0.15) is 5.82 Å². The molecule has 0 amide bonds. The van der Waals surface area contributed by atoms with E-state index >= 15 is 0 Å². The number of benzene rings is 1. The van der Waals surface area contributed by atoms with Crippen molar-refractivity contribution in [2.24, 2.45) is 0 Å². The molecule has 1 aromatic carbocycles. The van der Waals surface area contributed by atoms with Gasteiger partial charge < -0.3 is 5.11 Å². The maximum Gasteiger partial charge on any atom is 0.153 e. The van der Waals surface area contributed by atoms with E-state index in [1.165, 1.54) is 0 Å². The maximum atomic E-state index is 8.79. The Balaban J connectivity index is 2.32. The van der Waals surface area contributed by atoms with Crippen molar-refractivity contribution in [1.29, 1.82) is 0 Å². The lowest BCUT2D eigenvalue weighted by Crippen LogP contribution is -2.01. The zero-order valence-electron chi connectivity index (χ0n) is 8.47. The lowest BCUT2D eigenvalue weighted by molar-refractivity contribution is 0.296. The number of hydrogen-bond donors (Lipinski definition) is 1. The zero-order chi connectivity index (χ0) is 11.4. The lowest BCUT2D eigenvalue weighted by atomic mass is 10.2. The molecule has 4 nitrogen and oxygen atoms in total. The van der Waals surface area contributed by atoms with E-state index in [9.17, 15) is 0 Å². The molecule has 0 aliphatic heterocycles. The number of nitrogens with zero attached hydrogens (tertiary/aromatic N) is 3. The first-order valence-electron chi connectivity index (χ1n) is 4.85. The van der Waals surface area contributed by atoms with Gasteiger partial charge in [-0.1, -0.05) is 23.7 Å². The topological polar surface area (TPSA) is 58.9 Å². The second-order valence-electron chi connectivity index (χ2n) is 3.24. The quantitative estimate of drug-likeness (QED) is 0.880. The Morgan fingerprint density at radius 1 is 1.19 bits per heavy atom. The molecule has 16 heavy (non-hydrogen) atoms. The Hall–Kier alpha value is -1.52. The Bertz CT molecular complexity index is 473. The molecule has 2 aromatic rings. The predicted molar refractivity (Wildman–Crippen MR) is 61.1 cm³/mol. The minimum absolute atomic E-state index is 0.0196. The molecule has 1 N–H and O–H groups in total. The van der Waals surface area contributed by atoms with E-state index < -0.39 is 0 Å². The van der Waals surface area contributed by atoms with Crippen molar-refractivity contribution >= 4 is 11.6 Å². The Morgan fingerprint density at radius 2 is 1.94 bits per heavy atom. The van der Waals surface area contributed by atoms with Crippen molar-refractivity contribution < 1.29 is 5.11 Å². The second kappa shape index (κ2) is 5.01. The number of aliphatic hydroxyl groups excluding tert-OH is 1. The summed E-state index contributed by atoms with van der Waals surface area (Å²) in [5, 5.41) is 17.1. The summed E-state index contributed by atoms with van der Waals surface area (Å²) < 4.78 is 0. The molecule has 0 spiro atoms. The molecule has 0 saturated carbocycles. The largest absolute Gasteiger partial charge is 0.396 e. The molecule has 1 aromatic heterocycles. The van der Waals surface area contributed by atoms with Gasteiger partial charge in [0, 0.05) is 17.0 Å². The first kappa shape index (κ1) is 11.0. The molecule has 0 aliphatic rings. The summed E-state index contributed by atoms with van der Waals surface area (Å²) in [7, 11) is 0. The molecule has 0 unspecified atom stereocenters. The van der Waals surface area contributed by atoms with Gasteiger partial charge in [-0.3, -0.25) is 0 Å². The van der Waals surface area contributed by atoms with E-state index in [0.717, 1.165) is 11.3 Å². The molecule has 0 saturated heterocycles. The van der Waals surface area contributed by atoms with Crippen molar-refractivity contribution in [3.8, 4) is 11.3 Å². The van der Waals surface area contributed by atoms with Gasteiger partial charge in [0.2, 0.25) is 0 Å². The SMILES string of the molecule is OCCc1nncc(-c2ccc(Cl)cc2)n1. The molecule has 82 valence electrons. The Morgan fingerprint density at radius 3 is 2.62 bits per heavy atom. The summed E-state index contributed by atoms with van der Waals surface area (Å²) >= 11 is 5.80. The summed E-state index contributed by atoms with van der Waals surface area (Å²) in [5.74, 6) is 0.537. The fourth-order valence-electron chi connectivity index (χ4n) is 1.31. The molecule has 0 radical (unpaired) electrons. The van der Waals surface area contributed by atoms with Gasteiger partial charge in [0.1, 0.15) is 0 Å². The van der Waals surface area contributed by atoms with Crippen LogP contribution in [0.25, 0.3) is 11.3 Å². The molecule has 0 bridgehead atoms. The third kappa shape index (κ3) is 2.53. The van der Waals surface area contributed by atoms with Crippen LogP contribution >= 0.6 is 11.6 Å². The van der Waals surface area contributed by atoms with Crippen LogP contribution in [-0.2, 0) is 6.42 Å². The highest BCUT2D eigenvalue weighted by molar-refractivity contribution is 6.30. The van der Waals surface area contributed by atoms with Gasteiger partial charge in [0.25, 0.3) is 0 Å². The summed E-state index contributed by atoms with van der Waals surface area (Å²) in [6.07, 6.45) is 2.00. The fourth-order valence-corrected chi connectivity index (χ4v) is 1.43. The van der Waals surface area contributed by atoms with Gasteiger partial charge in [-0.25, -0.2) is 4.98 Å². The number of hydrogen-bond acceptors (Lipinski definition) is 4. The zero-order valence-corrected chi connectivity index (χ0v) is 9.22. The summed E-state index contributed by atoms with van der Waals surface area (Å²) in [4.78, 5) is 4.29. The third-order valence-electron chi connectivity index (χ3n) is 2.08. The van der Waals surface area contributed by atoms with E-state index in [1.807, 2.05) is 12.1 Å². The molecule has 0 atom stereocenters. The van der Waals surface area contributed by atoms with Gasteiger partial charge in [0.15, 0.2) is 5.82 Å². The van der Waals surface area contributed by atoms with Crippen LogP contribution in [0.4, 0.5) is 0 Å². The second-order valence-corrected chi connectivity index (χ2v) is 3.67. The van der Waals surface area contributed by atoms with Crippen LogP contribution in [0.3, 0.4) is 0 Å². The van der Waals surface area contributed by atoms with E-state index in [-0.39, 0.29) is 6.61 Å². The van der Waals surface area contributed by atoms with E-state index in [0.29, 0.717) is 17.3 Å². The third-order valence-corrected chi connectivity index (χ3v) is 2.33. The van der Waals surface area contributed by atoms with Gasteiger partial charge in [-0.05, 0) is 12.1 Å². The average Bonchev–Trinajstić information content (AvgIpc) is 2.31. The van der Waals surface area contributed by atoms with Crippen LogP contribution < -0.4 is 0 Å². The molecule has 1 heterocycles. The first-order chi connectivity index (χ1) is 7.79. The van der Waals surface area contributed by atoms with Crippen molar-refractivity contribution in [3.63, 3.8) is 0 Å². The molecular weight excluding hydrogens is 226 g/mol. The lowest BCUT2D eigenvalue weighted by Gasteiger charge is -2.01. The van der Waals surface area contributed by atoms with Crippen LogP contribution in [0.2, 0.25) is 5.02 Å². The van der Waals surface area contributed by atoms with E-state index in [4.69, 9.17) is 16.7 Å². The first-order valence-corrected chi connectivity index (χ1v) is 5.23. The number of aromatic nitrogens is 3. The fraction of sp³-hybridized carbons (Fsp3) is 0.182. The van der Waals surface area contributed by atoms with Crippen molar-refractivity contribution in [3.05, 3.63) is 41.3 Å². The normalized spacial score (nSPS) is 10.4. The van der Waals surface area contributed by atoms with Crippen molar-refractivity contribution in [2.45, 2.75) is 6.42 Å². The predicted octanol–water partition coefficient (Wildman–Crippen LogP) is 1.73. The average molecular weight is 236 g/mol. The summed E-state index contributed by atoms with van der Waals surface area (Å²) in [6.45, 7) is 0.0196. The highest BCUT2D eigenvalue weighted by Gasteiger charge is 2.02. The monoisotopic (exact) mass is 235 g/mol. The van der Waals surface area contributed by atoms with Crippen LogP contribution in [0.5, 0.6) is 0 Å². The standard InChI is InChI=1S/C11H10ClN3O/c12-9-3-1-8(2-4-9)10-7-13-15-11(14-10)5-6-16/h1-4,7,16H,5-6H2. The molecule has 5 heteroatoms. The molecule has 0 fully saturated rings. The summed E-state index contributed by atoms with van der Waals surface area (Å²) in [6, 6.07) is 7.33. The van der Waals surface area contributed by atoms with Crippen LogP contribution in [0.15, 0.2) is 30.5 Å². The van der Waals surface area contributed by atoms with Crippen LogP contribution in [0, 0.1) is 0 Å². The van der Waals surface area contributed by atoms with Gasteiger partial charge in [-0.2, -0.15) is 5.10 Å². The summed E-state index contributed by atoms with van der Waals surface area (Å²) in [5.41, 5.74) is 1.66. The molecule has 0 aliphatic carbocycles. The van der Waals surface area contributed by atoms with E-state index in [2.05, 4.69) is 15.2 Å². The number of halogens is 1. The van der Waals surface area contributed by atoms with Gasteiger partial charge in [0.05, 0.1) is 18.5 Å². The maximum absolute atomic E-state index is 8.79. The van der Waals surface area contributed by atoms with E-state index in [1.54, 1.807) is 18.3 Å². The molecular formula is C11H10ClN3O.